The molecule has 5 nitrogen and oxygen atoms in total. The number of aliphatic imine (C=N–C) groups is 1. The van der Waals surface area contributed by atoms with Crippen molar-refractivity contribution in [1.82, 2.24) is 15.6 Å². The molecule has 0 aliphatic rings. The summed E-state index contributed by atoms with van der Waals surface area (Å²) in [6, 6.07) is 9.86. The lowest BCUT2D eigenvalue weighted by Crippen LogP contribution is -2.37. The lowest BCUT2D eigenvalue weighted by molar-refractivity contribution is 0.311. The maximum atomic E-state index is 5.66. The predicted octanol–water partition coefficient (Wildman–Crippen LogP) is 2.89. The van der Waals surface area contributed by atoms with Gasteiger partial charge in [-0.2, -0.15) is 0 Å². The number of para-hydroxylation sites is 1. The van der Waals surface area contributed by atoms with Gasteiger partial charge in [0, 0.05) is 18.5 Å². The lowest BCUT2D eigenvalue weighted by atomic mass is 10.3. The van der Waals surface area contributed by atoms with Gasteiger partial charge in [-0.15, -0.1) is 11.3 Å². The number of thiazole rings is 1. The van der Waals surface area contributed by atoms with Crippen LogP contribution >= 0.6 is 11.3 Å². The van der Waals surface area contributed by atoms with Crippen molar-refractivity contribution in [2.75, 3.05) is 20.2 Å². The Bertz CT molecular complexity index is 625. The monoisotopic (exact) mass is 332 g/mol. The Kier molecular flexibility index (Phi) is 6.87. The zero-order chi connectivity index (χ0) is 16.5. The second kappa shape index (κ2) is 9.15. The van der Waals surface area contributed by atoms with Crippen LogP contribution in [-0.4, -0.2) is 31.1 Å². The second-order valence-corrected chi connectivity index (χ2v) is 6.40. The van der Waals surface area contributed by atoms with Crippen LogP contribution in [0, 0.1) is 13.8 Å². The quantitative estimate of drug-likeness (QED) is 0.465. The lowest BCUT2D eigenvalue weighted by Gasteiger charge is -2.11. The Morgan fingerprint density at radius 1 is 1.22 bits per heavy atom. The first-order valence-corrected chi connectivity index (χ1v) is 8.56. The third kappa shape index (κ3) is 5.90. The van der Waals surface area contributed by atoms with Crippen molar-refractivity contribution in [2.45, 2.75) is 26.8 Å². The molecule has 1 aromatic heterocycles. The highest BCUT2D eigenvalue weighted by molar-refractivity contribution is 7.11. The third-order valence-electron chi connectivity index (χ3n) is 3.27. The molecular formula is C17H24N4OS. The average molecular weight is 332 g/mol. The molecule has 6 heteroatoms. The molecule has 23 heavy (non-hydrogen) atoms. The van der Waals surface area contributed by atoms with E-state index in [4.69, 9.17) is 4.74 Å². The first-order chi connectivity index (χ1) is 11.2. The largest absolute Gasteiger partial charge is 0.494 e. The van der Waals surface area contributed by atoms with Gasteiger partial charge in [0.1, 0.15) is 5.75 Å². The molecular weight excluding hydrogens is 308 g/mol. The van der Waals surface area contributed by atoms with Gasteiger partial charge in [-0.05, 0) is 32.4 Å². The highest BCUT2D eigenvalue weighted by Gasteiger charge is 2.05. The van der Waals surface area contributed by atoms with Crippen LogP contribution in [0.5, 0.6) is 5.75 Å². The molecule has 0 radical (unpaired) electrons. The van der Waals surface area contributed by atoms with Crippen molar-refractivity contribution in [3.63, 3.8) is 0 Å². The average Bonchev–Trinajstić information content (AvgIpc) is 2.88. The summed E-state index contributed by atoms with van der Waals surface area (Å²) >= 11 is 1.72. The van der Waals surface area contributed by atoms with Crippen LogP contribution in [-0.2, 0) is 6.54 Å². The summed E-state index contributed by atoms with van der Waals surface area (Å²) in [7, 11) is 1.78. The van der Waals surface area contributed by atoms with Crippen molar-refractivity contribution in [3.05, 3.63) is 45.9 Å². The normalized spacial score (nSPS) is 11.3. The van der Waals surface area contributed by atoms with Crippen molar-refractivity contribution < 1.29 is 4.74 Å². The zero-order valence-electron chi connectivity index (χ0n) is 13.9. The summed E-state index contributed by atoms with van der Waals surface area (Å²) in [6.07, 6.45) is 0.911. The topological polar surface area (TPSA) is 58.5 Å². The fraction of sp³-hybridized carbons (Fsp3) is 0.412. The van der Waals surface area contributed by atoms with E-state index in [1.807, 2.05) is 44.2 Å². The fourth-order valence-electron chi connectivity index (χ4n) is 2.11. The van der Waals surface area contributed by atoms with Crippen LogP contribution in [0.4, 0.5) is 0 Å². The van der Waals surface area contributed by atoms with E-state index in [0.29, 0.717) is 6.61 Å². The Morgan fingerprint density at radius 3 is 2.65 bits per heavy atom. The van der Waals surface area contributed by atoms with Crippen molar-refractivity contribution in [3.8, 4) is 5.75 Å². The van der Waals surface area contributed by atoms with Crippen molar-refractivity contribution in [2.24, 2.45) is 4.99 Å². The number of nitrogens with zero attached hydrogens (tertiary/aromatic N) is 2. The Labute approximate surface area is 141 Å². The van der Waals surface area contributed by atoms with Crippen LogP contribution in [0.3, 0.4) is 0 Å². The van der Waals surface area contributed by atoms with Crippen LogP contribution in [0.25, 0.3) is 0 Å². The molecule has 0 atom stereocenters. The second-order valence-electron chi connectivity index (χ2n) is 5.11. The molecule has 2 rings (SSSR count). The van der Waals surface area contributed by atoms with Crippen LogP contribution in [0.2, 0.25) is 0 Å². The van der Waals surface area contributed by atoms with Crippen LogP contribution in [0.15, 0.2) is 35.3 Å². The maximum Gasteiger partial charge on any atom is 0.191 e. The van der Waals surface area contributed by atoms with Gasteiger partial charge in [-0.25, -0.2) is 4.98 Å². The van der Waals surface area contributed by atoms with E-state index < -0.39 is 0 Å². The van der Waals surface area contributed by atoms with E-state index >= 15 is 0 Å². The molecule has 0 saturated carbocycles. The van der Waals surface area contributed by atoms with Gasteiger partial charge < -0.3 is 15.4 Å². The summed E-state index contributed by atoms with van der Waals surface area (Å²) in [5.74, 6) is 1.71. The van der Waals surface area contributed by atoms with E-state index in [9.17, 15) is 0 Å². The smallest absolute Gasteiger partial charge is 0.191 e. The van der Waals surface area contributed by atoms with E-state index in [-0.39, 0.29) is 0 Å². The fourth-order valence-corrected chi connectivity index (χ4v) is 2.98. The number of ether oxygens (including phenoxy) is 1. The molecule has 0 amide bonds. The highest BCUT2D eigenvalue weighted by Crippen LogP contribution is 2.16. The molecule has 1 heterocycles. The Hall–Kier alpha value is -2.08. The molecule has 0 spiro atoms. The molecule has 124 valence electrons. The number of aromatic nitrogens is 1. The number of aryl methyl sites for hydroxylation is 2. The van der Waals surface area contributed by atoms with Gasteiger partial charge in [0.15, 0.2) is 5.96 Å². The predicted molar refractivity (Wildman–Crippen MR) is 96.3 cm³/mol. The Morgan fingerprint density at radius 2 is 2.00 bits per heavy atom. The van der Waals surface area contributed by atoms with Crippen molar-refractivity contribution in [1.29, 1.82) is 0 Å². The molecule has 2 N–H and O–H groups in total. The molecule has 0 saturated heterocycles. The van der Waals surface area contributed by atoms with Gasteiger partial charge in [0.2, 0.25) is 0 Å². The minimum atomic E-state index is 0.682. The van der Waals surface area contributed by atoms with E-state index in [0.717, 1.165) is 41.9 Å². The first kappa shape index (κ1) is 17.3. The summed E-state index contributed by atoms with van der Waals surface area (Å²) in [5.41, 5.74) is 1.09. The van der Waals surface area contributed by atoms with Crippen LogP contribution < -0.4 is 15.4 Å². The molecule has 0 unspecified atom stereocenters. The Balaban J connectivity index is 1.64. The molecule has 0 bridgehead atoms. The minimum Gasteiger partial charge on any atom is -0.494 e. The summed E-state index contributed by atoms with van der Waals surface area (Å²) in [5, 5.41) is 7.71. The summed E-state index contributed by atoms with van der Waals surface area (Å²) < 4.78 is 5.66. The number of nitrogens with one attached hydrogen (secondary N) is 2. The standard InChI is InChI=1S/C17H24N4OS/c1-13-16(23-14(2)21-13)12-20-17(18-3)19-10-7-11-22-15-8-5-4-6-9-15/h4-6,8-9H,7,10-12H2,1-3H3,(H2,18,19,20). The van der Waals surface area contributed by atoms with E-state index in [2.05, 4.69) is 20.6 Å². The van der Waals surface area contributed by atoms with Crippen LogP contribution in [0.1, 0.15) is 22.0 Å². The summed E-state index contributed by atoms with van der Waals surface area (Å²) in [4.78, 5) is 9.91. The number of hydrogen-bond acceptors (Lipinski definition) is 4. The first-order valence-electron chi connectivity index (χ1n) is 7.74. The van der Waals surface area contributed by atoms with Gasteiger partial charge in [0.05, 0.1) is 23.9 Å². The van der Waals surface area contributed by atoms with Gasteiger partial charge >= 0.3 is 0 Å². The zero-order valence-corrected chi connectivity index (χ0v) is 14.7. The summed E-state index contributed by atoms with van der Waals surface area (Å²) in [6.45, 7) is 6.31. The maximum absolute atomic E-state index is 5.66. The van der Waals surface area contributed by atoms with Gasteiger partial charge in [-0.1, -0.05) is 18.2 Å². The van der Waals surface area contributed by atoms with E-state index in [1.54, 1.807) is 18.4 Å². The number of guanidine groups is 1. The van der Waals surface area contributed by atoms with E-state index in [1.165, 1.54) is 4.88 Å². The number of hydrogen-bond donors (Lipinski definition) is 2. The minimum absolute atomic E-state index is 0.682. The molecule has 2 aromatic rings. The highest BCUT2D eigenvalue weighted by atomic mass is 32.1. The number of rotatable bonds is 7. The number of benzene rings is 1. The third-order valence-corrected chi connectivity index (χ3v) is 4.34. The van der Waals surface area contributed by atoms with Crippen molar-refractivity contribution >= 4 is 17.3 Å². The van der Waals surface area contributed by atoms with Gasteiger partial charge in [-0.3, -0.25) is 4.99 Å². The molecule has 0 aliphatic carbocycles. The molecule has 0 fully saturated rings. The molecule has 1 aromatic carbocycles. The van der Waals surface area contributed by atoms with Gasteiger partial charge in [0.25, 0.3) is 0 Å². The SMILES string of the molecule is CN=C(NCCCOc1ccccc1)NCc1sc(C)nc1C. The molecule has 0 aliphatic heterocycles.